The molecule has 0 amide bonds. The lowest BCUT2D eigenvalue weighted by Gasteiger charge is -2.30. The first-order valence-corrected chi connectivity index (χ1v) is 9.72. The molecule has 26 heavy (non-hydrogen) atoms. The van der Waals surface area contributed by atoms with Gasteiger partial charge >= 0.3 is 0 Å². The Labute approximate surface area is 162 Å². The molecule has 0 radical (unpaired) electrons. The molecule has 2 aromatic carbocycles. The van der Waals surface area contributed by atoms with Gasteiger partial charge < -0.3 is 14.4 Å². The highest BCUT2D eigenvalue weighted by Crippen LogP contribution is 2.24. The van der Waals surface area contributed by atoms with E-state index in [4.69, 9.17) is 4.74 Å². The number of benzene rings is 2. The molecule has 4 rings (SSSR count). The lowest BCUT2D eigenvalue weighted by molar-refractivity contribution is 0.0928. The van der Waals surface area contributed by atoms with Crippen LogP contribution in [-0.4, -0.2) is 40.9 Å². The average Bonchev–Trinajstić information content (AvgIpc) is 3.03. The van der Waals surface area contributed by atoms with Gasteiger partial charge in [0.25, 0.3) is 0 Å². The molecule has 1 aliphatic heterocycles. The number of hydrogen-bond acceptors (Lipinski definition) is 3. The summed E-state index contributed by atoms with van der Waals surface area (Å²) < 4.78 is 8.54. The first kappa shape index (κ1) is 17.6. The van der Waals surface area contributed by atoms with E-state index in [1.54, 1.807) is 7.11 Å². The predicted molar refractivity (Wildman–Crippen MR) is 108 cm³/mol. The quantitative estimate of drug-likeness (QED) is 0.689. The number of ether oxygens (including phenoxy) is 1. The summed E-state index contributed by atoms with van der Waals surface area (Å²) in [5.74, 6) is 0.856. The molecule has 1 aromatic heterocycles. The molecule has 0 saturated carbocycles. The fourth-order valence-corrected chi connectivity index (χ4v) is 4.19. The number of aromatic nitrogens is 1. The summed E-state index contributed by atoms with van der Waals surface area (Å²) in [5.41, 5.74) is 3.90. The van der Waals surface area contributed by atoms with Crippen molar-refractivity contribution in [3.05, 3.63) is 64.3 Å². The van der Waals surface area contributed by atoms with Crippen LogP contribution in [0.3, 0.4) is 0 Å². The largest absolute Gasteiger partial charge is 0.497 e. The van der Waals surface area contributed by atoms with Gasteiger partial charge in [0.2, 0.25) is 0 Å². The highest BCUT2D eigenvalue weighted by Gasteiger charge is 2.19. The van der Waals surface area contributed by atoms with E-state index in [2.05, 4.69) is 55.7 Å². The Morgan fingerprint density at radius 3 is 2.85 bits per heavy atom. The van der Waals surface area contributed by atoms with Gasteiger partial charge in [-0.1, -0.05) is 22.0 Å². The average molecular weight is 415 g/mol. The number of aliphatic hydroxyl groups is 1. The van der Waals surface area contributed by atoms with E-state index in [0.29, 0.717) is 13.1 Å². The Bertz CT molecular complexity index is 922. The smallest absolute Gasteiger partial charge is 0.119 e. The van der Waals surface area contributed by atoms with E-state index < -0.39 is 6.10 Å². The Balaban J connectivity index is 1.41. The number of rotatable bonds is 5. The van der Waals surface area contributed by atoms with Gasteiger partial charge in [0.05, 0.1) is 13.2 Å². The SMILES string of the molecule is COc1ccc2c(ccn2C[C@H](O)CN2CCc3cc(Br)ccc3C2)c1. The van der Waals surface area contributed by atoms with Crippen molar-refractivity contribution >= 4 is 26.8 Å². The van der Waals surface area contributed by atoms with Crippen LogP contribution in [0, 0.1) is 0 Å². The molecule has 0 saturated heterocycles. The lowest BCUT2D eigenvalue weighted by Crippen LogP contribution is -2.38. The van der Waals surface area contributed by atoms with E-state index >= 15 is 0 Å². The summed E-state index contributed by atoms with van der Waals surface area (Å²) in [6.45, 7) is 3.18. The van der Waals surface area contributed by atoms with Crippen LogP contribution in [0.4, 0.5) is 0 Å². The fraction of sp³-hybridized carbons (Fsp3) is 0.333. The number of hydrogen-bond donors (Lipinski definition) is 1. The number of aliphatic hydroxyl groups excluding tert-OH is 1. The molecule has 4 nitrogen and oxygen atoms in total. The molecular formula is C21H23BrN2O2. The third-order valence-electron chi connectivity index (χ3n) is 5.11. The minimum Gasteiger partial charge on any atom is -0.497 e. The zero-order valence-corrected chi connectivity index (χ0v) is 16.4. The maximum Gasteiger partial charge on any atom is 0.119 e. The van der Waals surface area contributed by atoms with E-state index in [1.165, 1.54) is 11.1 Å². The van der Waals surface area contributed by atoms with Gasteiger partial charge in [-0.05, 0) is 53.9 Å². The maximum atomic E-state index is 10.6. The Hall–Kier alpha value is -1.82. The van der Waals surface area contributed by atoms with E-state index in [0.717, 1.165) is 40.6 Å². The second-order valence-electron chi connectivity index (χ2n) is 6.94. The molecule has 0 spiro atoms. The van der Waals surface area contributed by atoms with E-state index in [-0.39, 0.29) is 0 Å². The van der Waals surface area contributed by atoms with Crippen molar-refractivity contribution < 1.29 is 9.84 Å². The molecule has 0 fully saturated rings. The zero-order chi connectivity index (χ0) is 18.1. The van der Waals surface area contributed by atoms with Crippen molar-refractivity contribution in [2.45, 2.75) is 25.6 Å². The summed E-state index contributed by atoms with van der Waals surface area (Å²) in [5, 5.41) is 11.8. The van der Waals surface area contributed by atoms with E-state index in [1.807, 2.05) is 18.3 Å². The number of β-amino-alcohol motifs (C(OH)–C–C–N with tert-alkyl or cyclic N) is 1. The van der Waals surface area contributed by atoms with Gasteiger partial charge in [-0.2, -0.15) is 0 Å². The summed E-state index contributed by atoms with van der Waals surface area (Å²) >= 11 is 3.54. The van der Waals surface area contributed by atoms with Crippen LogP contribution in [0.1, 0.15) is 11.1 Å². The highest BCUT2D eigenvalue weighted by molar-refractivity contribution is 9.10. The minimum absolute atomic E-state index is 0.398. The second kappa shape index (κ2) is 7.43. The third kappa shape index (κ3) is 3.65. The van der Waals surface area contributed by atoms with Gasteiger partial charge in [-0.3, -0.25) is 4.90 Å². The minimum atomic E-state index is -0.398. The molecule has 0 unspecified atom stereocenters. The van der Waals surface area contributed by atoms with Crippen LogP contribution < -0.4 is 4.74 Å². The molecule has 3 aromatic rings. The van der Waals surface area contributed by atoms with Crippen LogP contribution in [0.25, 0.3) is 10.9 Å². The number of nitrogens with zero attached hydrogens (tertiary/aromatic N) is 2. The predicted octanol–water partition coefficient (Wildman–Crippen LogP) is 3.83. The maximum absolute atomic E-state index is 10.6. The topological polar surface area (TPSA) is 37.6 Å². The van der Waals surface area contributed by atoms with Gasteiger partial charge in [0.15, 0.2) is 0 Å². The molecule has 0 aliphatic carbocycles. The van der Waals surface area contributed by atoms with Crippen LogP contribution in [0.2, 0.25) is 0 Å². The van der Waals surface area contributed by atoms with Crippen molar-refractivity contribution in [1.82, 2.24) is 9.47 Å². The number of methoxy groups -OCH3 is 1. The standard InChI is InChI=1S/C21H23BrN2O2/c1-26-20-4-5-21-16(11-20)7-9-24(21)14-19(25)13-23-8-6-15-10-18(22)3-2-17(15)12-23/h2-5,7,9-11,19,25H,6,8,12-14H2,1H3/t19-/m1/s1. The van der Waals surface area contributed by atoms with Crippen molar-refractivity contribution in [1.29, 1.82) is 0 Å². The summed E-state index contributed by atoms with van der Waals surface area (Å²) in [4.78, 5) is 2.34. The van der Waals surface area contributed by atoms with Crippen molar-refractivity contribution in [3.8, 4) is 5.75 Å². The monoisotopic (exact) mass is 414 g/mol. The van der Waals surface area contributed by atoms with Crippen LogP contribution in [0.5, 0.6) is 5.75 Å². The van der Waals surface area contributed by atoms with Gasteiger partial charge in [-0.15, -0.1) is 0 Å². The molecule has 136 valence electrons. The fourth-order valence-electron chi connectivity index (χ4n) is 3.78. The molecule has 5 heteroatoms. The van der Waals surface area contributed by atoms with Crippen molar-refractivity contribution in [3.63, 3.8) is 0 Å². The molecule has 2 heterocycles. The highest BCUT2D eigenvalue weighted by atomic mass is 79.9. The van der Waals surface area contributed by atoms with Gasteiger partial charge in [0.1, 0.15) is 5.75 Å². The van der Waals surface area contributed by atoms with Crippen LogP contribution in [-0.2, 0) is 19.5 Å². The number of fused-ring (bicyclic) bond motifs is 2. The molecule has 0 bridgehead atoms. The van der Waals surface area contributed by atoms with E-state index in [9.17, 15) is 5.11 Å². The third-order valence-corrected chi connectivity index (χ3v) is 5.61. The van der Waals surface area contributed by atoms with Crippen LogP contribution >= 0.6 is 15.9 Å². The van der Waals surface area contributed by atoms with Crippen LogP contribution in [0.15, 0.2) is 53.1 Å². The van der Waals surface area contributed by atoms with Gasteiger partial charge in [-0.25, -0.2) is 0 Å². The second-order valence-corrected chi connectivity index (χ2v) is 7.86. The normalized spacial score (nSPS) is 15.8. The number of halogens is 1. The Morgan fingerprint density at radius 2 is 2.00 bits per heavy atom. The Morgan fingerprint density at radius 1 is 1.12 bits per heavy atom. The van der Waals surface area contributed by atoms with Gasteiger partial charge in [0, 0.05) is 47.8 Å². The Kier molecular flexibility index (Phi) is 5.02. The zero-order valence-electron chi connectivity index (χ0n) is 14.9. The molecule has 1 N–H and O–H groups in total. The van der Waals surface area contributed by atoms with Crippen molar-refractivity contribution in [2.24, 2.45) is 0 Å². The summed E-state index contributed by atoms with van der Waals surface area (Å²) in [6, 6.07) is 14.6. The molecule has 1 aliphatic rings. The van der Waals surface area contributed by atoms with Crippen molar-refractivity contribution in [2.75, 3.05) is 20.2 Å². The first-order valence-electron chi connectivity index (χ1n) is 8.93. The first-order chi connectivity index (χ1) is 12.6. The summed E-state index contributed by atoms with van der Waals surface area (Å²) in [7, 11) is 1.68. The molecular weight excluding hydrogens is 392 g/mol. The lowest BCUT2D eigenvalue weighted by atomic mass is 10.00. The summed E-state index contributed by atoms with van der Waals surface area (Å²) in [6.07, 6.45) is 2.68. The molecule has 1 atom stereocenters.